The van der Waals surface area contributed by atoms with E-state index in [0.717, 1.165) is 5.69 Å². The lowest BCUT2D eigenvalue weighted by molar-refractivity contribution is 0.0429. The summed E-state index contributed by atoms with van der Waals surface area (Å²) in [5.41, 5.74) is 1.18. The van der Waals surface area contributed by atoms with Crippen LogP contribution in [0.25, 0.3) is 0 Å². The van der Waals surface area contributed by atoms with Crippen molar-refractivity contribution < 1.29 is 14.1 Å². The maximum atomic E-state index is 11.8. The van der Waals surface area contributed by atoms with E-state index in [0.29, 0.717) is 17.3 Å². The number of rotatable bonds is 4. The third-order valence-electron chi connectivity index (χ3n) is 2.78. The minimum atomic E-state index is -0.449. The summed E-state index contributed by atoms with van der Waals surface area (Å²) in [4.78, 5) is 16.0. The zero-order valence-corrected chi connectivity index (χ0v) is 11.4. The lowest BCUT2D eigenvalue weighted by Crippen LogP contribution is -2.07. The highest BCUT2D eigenvalue weighted by molar-refractivity contribution is 5.90. The van der Waals surface area contributed by atoms with Crippen molar-refractivity contribution in [3.63, 3.8) is 0 Å². The third-order valence-corrected chi connectivity index (χ3v) is 2.78. The van der Waals surface area contributed by atoms with Gasteiger partial charge in [-0.15, -0.1) is 0 Å². The van der Waals surface area contributed by atoms with Crippen molar-refractivity contribution in [1.82, 2.24) is 19.9 Å². The van der Waals surface area contributed by atoms with Crippen molar-refractivity contribution in [2.24, 2.45) is 7.05 Å². The molecule has 0 unspecified atom stereocenters. The highest BCUT2D eigenvalue weighted by Gasteiger charge is 2.16. The molecule has 7 nitrogen and oxygen atoms in total. The van der Waals surface area contributed by atoms with E-state index < -0.39 is 5.97 Å². The first-order valence-electron chi connectivity index (χ1n) is 5.97. The van der Waals surface area contributed by atoms with Crippen LogP contribution in [0.2, 0.25) is 0 Å². The summed E-state index contributed by atoms with van der Waals surface area (Å²) in [6.45, 7) is 5.68. The fourth-order valence-corrected chi connectivity index (χ4v) is 1.47. The van der Waals surface area contributed by atoms with Crippen LogP contribution >= 0.6 is 0 Å². The number of carbonyl (C=O) groups excluding carboxylic acids is 1. The van der Waals surface area contributed by atoms with Crippen LogP contribution in [0.5, 0.6) is 0 Å². The van der Waals surface area contributed by atoms with Crippen LogP contribution in [0, 0.1) is 6.92 Å². The van der Waals surface area contributed by atoms with Gasteiger partial charge in [0.15, 0.2) is 12.4 Å². The number of hydrogen-bond donors (Lipinski definition) is 0. The molecular formula is C12H16N4O3. The van der Waals surface area contributed by atoms with Crippen LogP contribution < -0.4 is 0 Å². The molecule has 0 amide bonds. The van der Waals surface area contributed by atoms with Crippen molar-refractivity contribution in [2.75, 3.05) is 0 Å². The molecule has 0 aromatic carbocycles. The molecule has 7 heteroatoms. The molecule has 2 heterocycles. The Bertz CT molecular complexity index is 586. The van der Waals surface area contributed by atoms with Crippen LogP contribution in [-0.2, 0) is 18.4 Å². The molecule has 0 spiro atoms. The molecule has 2 rings (SSSR count). The molecule has 0 radical (unpaired) electrons. The highest BCUT2D eigenvalue weighted by atomic mass is 16.6. The number of ether oxygens (including phenoxy) is 1. The van der Waals surface area contributed by atoms with E-state index in [1.807, 2.05) is 13.8 Å². The summed E-state index contributed by atoms with van der Waals surface area (Å²) in [5.74, 6) is 0.617. The van der Waals surface area contributed by atoms with Crippen molar-refractivity contribution in [3.8, 4) is 0 Å². The number of aryl methyl sites for hydroxylation is 1. The van der Waals surface area contributed by atoms with Crippen LogP contribution in [0.3, 0.4) is 0 Å². The van der Waals surface area contributed by atoms with Gasteiger partial charge >= 0.3 is 5.97 Å². The van der Waals surface area contributed by atoms with Crippen LogP contribution in [-0.4, -0.2) is 25.9 Å². The first kappa shape index (κ1) is 13.3. The number of carbonyl (C=O) groups is 1. The molecule has 0 aliphatic carbocycles. The van der Waals surface area contributed by atoms with E-state index in [-0.39, 0.29) is 12.5 Å². The molecule has 0 fully saturated rings. The summed E-state index contributed by atoms with van der Waals surface area (Å²) in [6, 6.07) is 0. The Morgan fingerprint density at radius 1 is 1.53 bits per heavy atom. The summed E-state index contributed by atoms with van der Waals surface area (Å²) in [7, 11) is 1.76. The van der Waals surface area contributed by atoms with Gasteiger partial charge in [-0.3, -0.25) is 4.68 Å². The van der Waals surface area contributed by atoms with Crippen molar-refractivity contribution >= 4 is 5.97 Å². The third kappa shape index (κ3) is 2.81. The Hall–Kier alpha value is -2.18. The summed E-state index contributed by atoms with van der Waals surface area (Å²) >= 11 is 0. The number of aromatic nitrogens is 4. The van der Waals surface area contributed by atoms with E-state index in [9.17, 15) is 4.79 Å². The Labute approximate surface area is 110 Å². The Kier molecular flexibility index (Phi) is 3.64. The largest absolute Gasteiger partial charge is 0.452 e. The molecule has 19 heavy (non-hydrogen) atoms. The van der Waals surface area contributed by atoms with Gasteiger partial charge in [0, 0.05) is 18.7 Å². The fraction of sp³-hybridized carbons (Fsp3) is 0.500. The molecule has 0 aliphatic rings. The normalized spacial score (nSPS) is 11.0. The summed E-state index contributed by atoms with van der Waals surface area (Å²) < 4.78 is 11.7. The van der Waals surface area contributed by atoms with Gasteiger partial charge in [0.2, 0.25) is 0 Å². The van der Waals surface area contributed by atoms with Gasteiger partial charge < -0.3 is 9.26 Å². The van der Waals surface area contributed by atoms with Crippen molar-refractivity contribution in [1.29, 1.82) is 0 Å². The molecule has 0 saturated carbocycles. The van der Waals surface area contributed by atoms with Crippen molar-refractivity contribution in [3.05, 3.63) is 29.2 Å². The fourth-order valence-electron chi connectivity index (χ4n) is 1.47. The van der Waals surface area contributed by atoms with Gasteiger partial charge in [0.25, 0.3) is 5.89 Å². The maximum absolute atomic E-state index is 11.8. The van der Waals surface area contributed by atoms with Gasteiger partial charge in [-0.05, 0) is 6.92 Å². The highest BCUT2D eigenvalue weighted by Crippen LogP contribution is 2.12. The second-order valence-corrected chi connectivity index (χ2v) is 4.54. The second kappa shape index (κ2) is 5.21. The van der Waals surface area contributed by atoms with Crippen LogP contribution in [0.4, 0.5) is 0 Å². The van der Waals surface area contributed by atoms with Gasteiger partial charge in [-0.2, -0.15) is 10.1 Å². The molecule has 2 aromatic heterocycles. The molecule has 2 aromatic rings. The molecule has 0 bridgehead atoms. The summed E-state index contributed by atoms with van der Waals surface area (Å²) in [5, 5.41) is 7.78. The number of nitrogens with zero attached hydrogens (tertiary/aromatic N) is 4. The molecule has 0 atom stereocenters. The standard InChI is InChI=1S/C12H16N4O3/c1-7(2)11-14-10(19-15-11)6-18-12(17)9-5-13-16(4)8(9)3/h5,7H,6H2,1-4H3. The average Bonchev–Trinajstić information content (AvgIpc) is 2.95. The lowest BCUT2D eigenvalue weighted by Gasteiger charge is -2.01. The van der Waals surface area contributed by atoms with Gasteiger partial charge in [0.1, 0.15) is 5.56 Å². The molecule has 0 saturated heterocycles. The predicted octanol–water partition coefficient (Wildman–Crippen LogP) is 1.59. The van der Waals surface area contributed by atoms with E-state index in [1.54, 1.807) is 18.7 Å². The Balaban J connectivity index is 1.98. The van der Waals surface area contributed by atoms with E-state index in [1.165, 1.54) is 6.20 Å². The van der Waals surface area contributed by atoms with Crippen LogP contribution in [0.15, 0.2) is 10.7 Å². The minimum absolute atomic E-state index is 0.0348. The average molecular weight is 264 g/mol. The zero-order valence-electron chi connectivity index (χ0n) is 11.4. The van der Waals surface area contributed by atoms with E-state index >= 15 is 0 Å². The van der Waals surface area contributed by atoms with E-state index in [4.69, 9.17) is 9.26 Å². The first-order valence-corrected chi connectivity index (χ1v) is 5.97. The second-order valence-electron chi connectivity index (χ2n) is 4.54. The van der Waals surface area contributed by atoms with Crippen LogP contribution in [0.1, 0.15) is 47.5 Å². The number of hydrogen-bond acceptors (Lipinski definition) is 6. The number of esters is 1. The van der Waals surface area contributed by atoms with Gasteiger partial charge in [-0.1, -0.05) is 19.0 Å². The lowest BCUT2D eigenvalue weighted by atomic mass is 10.2. The molecule has 0 aliphatic heterocycles. The predicted molar refractivity (Wildman–Crippen MR) is 65.5 cm³/mol. The van der Waals surface area contributed by atoms with Gasteiger partial charge in [0.05, 0.1) is 6.20 Å². The summed E-state index contributed by atoms with van der Waals surface area (Å²) in [6.07, 6.45) is 1.48. The molecular weight excluding hydrogens is 248 g/mol. The monoisotopic (exact) mass is 264 g/mol. The smallest absolute Gasteiger partial charge is 0.342 e. The Morgan fingerprint density at radius 3 is 2.79 bits per heavy atom. The molecule has 0 N–H and O–H groups in total. The Morgan fingerprint density at radius 2 is 2.26 bits per heavy atom. The molecule has 102 valence electrons. The minimum Gasteiger partial charge on any atom is -0.452 e. The SMILES string of the molecule is Cc1c(C(=O)OCc2nc(C(C)C)no2)cnn1C. The zero-order chi connectivity index (χ0) is 14.0. The topological polar surface area (TPSA) is 83.0 Å². The maximum Gasteiger partial charge on any atom is 0.342 e. The van der Waals surface area contributed by atoms with Gasteiger partial charge in [-0.25, -0.2) is 4.79 Å². The quantitative estimate of drug-likeness (QED) is 0.780. The van der Waals surface area contributed by atoms with E-state index in [2.05, 4.69) is 15.2 Å². The van der Waals surface area contributed by atoms with Crippen molar-refractivity contribution in [2.45, 2.75) is 33.3 Å². The first-order chi connectivity index (χ1) is 8.99.